The Labute approximate surface area is 157 Å². The lowest BCUT2D eigenvalue weighted by Gasteiger charge is -2.27. The molecule has 3 fully saturated rings. The monoisotopic (exact) mass is 430 g/mol. The zero-order valence-electron chi connectivity index (χ0n) is 14.1. The lowest BCUT2D eigenvalue weighted by molar-refractivity contribution is -0.0267. The van der Waals surface area contributed by atoms with E-state index < -0.39 is 63.0 Å². The Kier molecular flexibility index (Phi) is 6.37. The summed E-state index contributed by atoms with van der Waals surface area (Å²) in [5.74, 6) is 0. The van der Waals surface area contributed by atoms with Gasteiger partial charge in [0.2, 0.25) is 7.57 Å². The normalized spacial score (nSPS) is 56.2. The highest BCUT2D eigenvalue weighted by Crippen LogP contribution is 2.51. The van der Waals surface area contributed by atoms with E-state index in [4.69, 9.17) is 46.9 Å². The minimum Gasteiger partial charge on any atom is -0.388 e. The Balaban J connectivity index is 1.85. The highest BCUT2D eigenvalue weighted by atomic mass is 32.5. The zero-order chi connectivity index (χ0) is 19.3. The van der Waals surface area contributed by atoms with Gasteiger partial charge < -0.3 is 38.2 Å². The molecule has 10 atom stereocenters. The molecule has 0 aromatic carbocycles. The number of ether oxygens (including phenoxy) is 2. The molecule has 14 heteroatoms. The van der Waals surface area contributed by atoms with Gasteiger partial charge in [-0.05, 0) is 25.7 Å². The van der Waals surface area contributed by atoms with Gasteiger partial charge in [-0.2, -0.15) is 0 Å². The molecule has 3 rings (SSSR count). The average molecular weight is 430 g/mol. The summed E-state index contributed by atoms with van der Waals surface area (Å²) >= 11 is 4.98. The third kappa shape index (κ3) is 4.59. The first-order valence-electron chi connectivity index (χ1n) is 8.03. The van der Waals surface area contributed by atoms with Crippen LogP contribution in [0.15, 0.2) is 0 Å². The van der Waals surface area contributed by atoms with Gasteiger partial charge >= 0.3 is 6.72 Å². The first-order chi connectivity index (χ1) is 12.0. The summed E-state index contributed by atoms with van der Waals surface area (Å²) in [7, 11) is 1.49. The molecule has 148 valence electrons. The molecule has 2 bridgehead atoms. The van der Waals surface area contributed by atoms with Crippen molar-refractivity contribution in [2.75, 3.05) is 13.2 Å². The van der Waals surface area contributed by atoms with Gasteiger partial charge in [-0.3, -0.25) is 9.09 Å². The van der Waals surface area contributed by atoms with Crippen LogP contribution in [0.1, 0.15) is 13.8 Å². The summed E-state index contributed by atoms with van der Waals surface area (Å²) < 4.78 is 44.5. The quantitative estimate of drug-likeness (QED) is 0.342. The lowest BCUT2D eigenvalue weighted by atomic mass is 10.1. The SMILES string of the molecule is [B]P1(=O)OC[C@H]2O[C@@H](C)[C@H](OP(O)(=S)OC[C@H]3O[C@@H](C)[C@H](O)[C@@H]3O1)[C@@H]2O. The van der Waals surface area contributed by atoms with Crippen molar-refractivity contribution < 1.29 is 47.2 Å². The minimum atomic E-state index is -4.10. The Bertz CT molecular complexity index is 625. The molecule has 3 aliphatic rings. The number of aliphatic hydroxyl groups is 2. The van der Waals surface area contributed by atoms with Gasteiger partial charge in [-0.25, -0.2) is 0 Å². The second-order valence-corrected chi connectivity index (χ2v) is 10.8. The van der Waals surface area contributed by atoms with Gasteiger partial charge in [-0.15, -0.1) is 0 Å². The predicted octanol–water partition coefficient (Wildman–Crippen LogP) is -0.407. The molecule has 0 spiro atoms. The van der Waals surface area contributed by atoms with Gasteiger partial charge in [-0.1, -0.05) is 0 Å². The number of hydrogen-bond acceptors (Lipinski definition) is 10. The molecule has 0 amide bonds. The summed E-state index contributed by atoms with van der Waals surface area (Å²) in [4.78, 5) is 10.3. The van der Waals surface area contributed by atoms with E-state index in [1.54, 1.807) is 13.8 Å². The molecular weight excluding hydrogens is 409 g/mol. The average Bonchev–Trinajstić information content (AvgIpc) is 2.95. The van der Waals surface area contributed by atoms with Crippen LogP contribution in [0.2, 0.25) is 0 Å². The van der Waals surface area contributed by atoms with E-state index in [1.165, 1.54) is 0 Å². The molecule has 0 aromatic heterocycles. The molecule has 2 unspecified atom stereocenters. The summed E-state index contributed by atoms with van der Waals surface area (Å²) in [6, 6.07) is 0. The maximum absolute atomic E-state index is 12.4. The first kappa shape index (κ1) is 21.3. The summed E-state index contributed by atoms with van der Waals surface area (Å²) in [6.07, 6.45) is -7.58. The maximum Gasteiger partial charge on any atom is 0.325 e. The van der Waals surface area contributed by atoms with Crippen molar-refractivity contribution in [2.45, 2.75) is 62.7 Å². The first-order valence-corrected chi connectivity index (χ1v) is 12.2. The lowest BCUT2D eigenvalue weighted by Crippen LogP contribution is -2.36. The van der Waals surface area contributed by atoms with Crippen LogP contribution in [0.5, 0.6) is 0 Å². The van der Waals surface area contributed by atoms with Crippen molar-refractivity contribution >= 4 is 33.6 Å². The van der Waals surface area contributed by atoms with Crippen molar-refractivity contribution in [3.63, 3.8) is 0 Å². The Morgan fingerprint density at radius 2 is 1.58 bits per heavy atom. The molecule has 3 heterocycles. The van der Waals surface area contributed by atoms with E-state index in [0.29, 0.717) is 0 Å². The number of hydrogen-bond donors (Lipinski definition) is 3. The molecule has 2 radical (unpaired) electrons. The fourth-order valence-electron chi connectivity index (χ4n) is 3.12. The Morgan fingerprint density at radius 1 is 0.962 bits per heavy atom. The molecule has 3 N–H and O–H groups in total. The van der Waals surface area contributed by atoms with Crippen LogP contribution in [0.4, 0.5) is 0 Å². The smallest absolute Gasteiger partial charge is 0.325 e. The van der Waals surface area contributed by atoms with Gasteiger partial charge in [0.05, 0.1) is 25.4 Å². The molecule has 10 nitrogen and oxygen atoms in total. The van der Waals surface area contributed by atoms with E-state index in [9.17, 15) is 19.7 Å². The van der Waals surface area contributed by atoms with Gasteiger partial charge in [0.25, 0.3) is 7.47 Å². The number of fused-ring (bicyclic) bond motifs is 3. The van der Waals surface area contributed by atoms with Crippen LogP contribution in [0.3, 0.4) is 0 Å². The second kappa shape index (κ2) is 7.78. The minimum absolute atomic E-state index is 0.304. The Morgan fingerprint density at radius 3 is 2.27 bits per heavy atom. The molecule has 3 aliphatic heterocycles. The van der Waals surface area contributed by atoms with Crippen LogP contribution in [-0.2, 0) is 43.9 Å². The van der Waals surface area contributed by atoms with Crippen molar-refractivity contribution in [1.82, 2.24) is 0 Å². The van der Waals surface area contributed by atoms with Crippen LogP contribution in [0, 0.1) is 0 Å². The van der Waals surface area contributed by atoms with E-state index in [0.717, 1.165) is 0 Å². The number of aliphatic hydroxyl groups excluding tert-OH is 2. The van der Waals surface area contributed by atoms with Crippen molar-refractivity contribution in [3.8, 4) is 0 Å². The van der Waals surface area contributed by atoms with Crippen LogP contribution < -0.4 is 0 Å². The van der Waals surface area contributed by atoms with E-state index in [2.05, 4.69) is 0 Å². The summed E-state index contributed by atoms with van der Waals surface area (Å²) in [5.41, 5.74) is 0. The molecule has 0 saturated carbocycles. The van der Waals surface area contributed by atoms with Crippen molar-refractivity contribution in [2.24, 2.45) is 0 Å². The molecule has 26 heavy (non-hydrogen) atoms. The number of rotatable bonds is 0. The standard InChI is InChI=1S/C12H21BO10P2S/c1-5-9(14)12-8(20-5)4-19-25(17,26)23-11-6(2)21-7(10(11)15)3-18-24(13,16)22-12/h5-12,14-15H,3-4H2,1-2H3,(H,17,26)/t5-,6-,7+,8+,9-,10+,11-,12+,24?,25?/m0/s1. The molecule has 0 aromatic rings. The third-order valence-electron chi connectivity index (χ3n) is 4.49. The van der Waals surface area contributed by atoms with E-state index in [-0.39, 0.29) is 13.2 Å². The van der Waals surface area contributed by atoms with Crippen LogP contribution in [0.25, 0.3) is 0 Å². The van der Waals surface area contributed by atoms with Gasteiger partial charge in [0.1, 0.15) is 36.6 Å². The molecule has 3 saturated heterocycles. The van der Waals surface area contributed by atoms with Crippen molar-refractivity contribution in [1.29, 1.82) is 0 Å². The third-order valence-corrected chi connectivity index (χ3v) is 7.09. The van der Waals surface area contributed by atoms with Gasteiger partial charge in [0, 0.05) is 0 Å². The van der Waals surface area contributed by atoms with E-state index in [1.807, 2.05) is 0 Å². The molecular formula is C12H21BO10P2S. The van der Waals surface area contributed by atoms with Crippen molar-refractivity contribution in [3.05, 3.63) is 0 Å². The second-order valence-electron chi connectivity index (χ2n) is 6.48. The van der Waals surface area contributed by atoms with Crippen LogP contribution in [-0.4, -0.2) is 84.7 Å². The summed E-state index contributed by atoms with van der Waals surface area (Å²) in [6.45, 7) is -1.21. The fourth-order valence-corrected chi connectivity index (χ4v) is 5.62. The predicted molar refractivity (Wildman–Crippen MR) is 92.2 cm³/mol. The summed E-state index contributed by atoms with van der Waals surface area (Å²) in [5, 5.41) is 20.5. The molecule has 0 aliphatic carbocycles. The topological polar surface area (TPSA) is 133 Å². The highest BCUT2D eigenvalue weighted by molar-refractivity contribution is 8.07. The maximum atomic E-state index is 12.4. The van der Waals surface area contributed by atoms with E-state index >= 15 is 0 Å². The highest BCUT2D eigenvalue weighted by Gasteiger charge is 2.49. The Hall–Kier alpha value is 0.585. The zero-order valence-corrected chi connectivity index (χ0v) is 16.7. The largest absolute Gasteiger partial charge is 0.388 e. The fraction of sp³-hybridized carbons (Fsp3) is 1.00. The van der Waals surface area contributed by atoms with Gasteiger partial charge in [0.15, 0.2) is 0 Å². The van der Waals surface area contributed by atoms with Crippen LogP contribution >= 0.6 is 14.2 Å².